The van der Waals surface area contributed by atoms with E-state index in [9.17, 15) is 4.39 Å². The molecule has 0 bridgehead atoms. The number of pyridine rings is 1. The van der Waals surface area contributed by atoms with Gasteiger partial charge in [-0.15, -0.1) is 0 Å². The second-order valence-electron chi connectivity index (χ2n) is 6.70. The monoisotopic (exact) mass is 293 g/mol. The lowest BCUT2D eigenvalue weighted by Gasteiger charge is -2.28. The third kappa shape index (κ3) is 4.24. The number of hydrogen-bond donors (Lipinski definition) is 1. The molecule has 0 saturated carbocycles. The van der Waals surface area contributed by atoms with Crippen LogP contribution in [0.25, 0.3) is 0 Å². The van der Waals surface area contributed by atoms with E-state index in [0.717, 1.165) is 24.1 Å². The maximum atomic E-state index is 13.0. The van der Waals surface area contributed by atoms with Crippen LogP contribution in [0, 0.1) is 23.6 Å². The molecule has 0 aromatic carbocycles. The standard InChI is InChI=1S/C17H28FN3/c1-12(2)14-7-8-21(11-14)10-13(3)17(19-4)16-6-5-15(18)9-20-16/h5-6,9,12-14,17,19H,7-8,10-11H2,1-4H3. The third-order valence-corrected chi connectivity index (χ3v) is 4.75. The zero-order valence-electron chi connectivity index (χ0n) is 13.6. The lowest BCUT2D eigenvalue weighted by Crippen LogP contribution is -2.34. The van der Waals surface area contributed by atoms with Gasteiger partial charge in [-0.25, -0.2) is 4.39 Å². The van der Waals surface area contributed by atoms with Gasteiger partial charge < -0.3 is 10.2 Å². The normalized spacial score (nSPS) is 22.7. The van der Waals surface area contributed by atoms with Crippen molar-refractivity contribution in [2.45, 2.75) is 33.2 Å². The largest absolute Gasteiger partial charge is 0.311 e. The first-order valence-corrected chi connectivity index (χ1v) is 8.02. The number of nitrogens with zero attached hydrogens (tertiary/aromatic N) is 2. The van der Waals surface area contributed by atoms with Crippen LogP contribution in [-0.4, -0.2) is 36.6 Å². The molecule has 0 aliphatic carbocycles. The Hall–Kier alpha value is -1.00. The first-order valence-electron chi connectivity index (χ1n) is 8.02. The minimum absolute atomic E-state index is 0.170. The minimum atomic E-state index is -0.277. The van der Waals surface area contributed by atoms with Crippen LogP contribution in [0.1, 0.15) is 38.9 Å². The van der Waals surface area contributed by atoms with Gasteiger partial charge in [0.25, 0.3) is 0 Å². The third-order valence-electron chi connectivity index (χ3n) is 4.75. The quantitative estimate of drug-likeness (QED) is 0.873. The second kappa shape index (κ2) is 7.32. The molecular formula is C17H28FN3. The summed E-state index contributed by atoms with van der Waals surface area (Å²) in [5.41, 5.74) is 0.922. The van der Waals surface area contributed by atoms with Crippen LogP contribution in [0.4, 0.5) is 4.39 Å². The fourth-order valence-corrected chi connectivity index (χ4v) is 3.38. The predicted molar refractivity (Wildman–Crippen MR) is 84.5 cm³/mol. The summed E-state index contributed by atoms with van der Waals surface area (Å²) in [6, 6.07) is 3.45. The van der Waals surface area contributed by atoms with E-state index in [1.807, 2.05) is 7.05 Å². The van der Waals surface area contributed by atoms with Crippen LogP contribution in [0.3, 0.4) is 0 Å². The van der Waals surface area contributed by atoms with Gasteiger partial charge in [0.2, 0.25) is 0 Å². The molecule has 3 unspecified atom stereocenters. The van der Waals surface area contributed by atoms with E-state index >= 15 is 0 Å². The molecule has 118 valence electrons. The van der Waals surface area contributed by atoms with Gasteiger partial charge in [-0.1, -0.05) is 20.8 Å². The van der Waals surface area contributed by atoms with Crippen LogP contribution in [0.15, 0.2) is 18.3 Å². The Balaban J connectivity index is 1.94. The van der Waals surface area contributed by atoms with Gasteiger partial charge >= 0.3 is 0 Å². The van der Waals surface area contributed by atoms with Crippen molar-refractivity contribution >= 4 is 0 Å². The molecule has 1 saturated heterocycles. The smallest absolute Gasteiger partial charge is 0.141 e. The second-order valence-corrected chi connectivity index (χ2v) is 6.70. The predicted octanol–water partition coefficient (Wildman–Crippen LogP) is 3.10. The highest BCUT2D eigenvalue weighted by Crippen LogP contribution is 2.27. The number of halogens is 1. The Labute approximate surface area is 127 Å². The number of aromatic nitrogens is 1. The summed E-state index contributed by atoms with van der Waals surface area (Å²) in [6.45, 7) is 10.3. The van der Waals surface area contributed by atoms with E-state index < -0.39 is 0 Å². The molecule has 4 heteroatoms. The van der Waals surface area contributed by atoms with Crippen molar-refractivity contribution < 1.29 is 4.39 Å². The highest BCUT2D eigenvalue weighted by molar-refractivity contribution is 5.11. The summed E-state index contributed by atoms with van der Waals surface area (Å²) >= 11 is 0. The summed E-state index contributed by atoms with van der Waals surface area (Å²) in [7, 11) is 1.95. The summed E-state index contributed by atoms with van der Waals surface area (Å²) in [4.78, 5) is 6.79. The van der Waals surface area contributed by atoms with E-state index in [1.54, 1.807) is 6.07 Å². The Morgan fingerprint density at radius 3 is 2.67 bits per heavy atom. The molecule has 3 atom stereocenters. The van der Waals surface area contributed by atoms with E-state index in [-0.39, 0.29) is 11.9 Å². The van der Waals surface area contributed by atoms with E-state index in [0.29, 0.717) is 5.92 Å². The highest BCUT2D eigenvalue weighted by atomic mass is 19.1. The van der Waals surface area contributed by atoms with Crippen molar-refractivity contribution in [2.75, 3.05) is 26.7 Å². The summed E-state index contributed by atoms with van der Waals surface area (Å²) in [5.74, 6) is 1.76. The summed E-state index contributed by atoms with van der Waals surface area (Å²) < 4.78 is 13.0. The lowest BCUT2D eigenvalue weighted by molar-refractivity contribution is 0.236. The fraction of sp³-hybridized carbons (Fsp3) is 0.706. The van der Waals surface area contributed by atoms with Gasteiger partial charge in [-0.3, -0.25) is 4.98 Å². The maximum absolute atomic E-state index is 13.0. The average Bonchev–Trinajstić information content (AvgIpc) is 2.90. The molecular weight excluding hydrogens is 265 g/mol. The molecule has 1 fully saturated rings. The topological polar surface area (TPSA) is 28.2 Å². The number of likely N-dealkylation sites (tertiary alicyclic amines) is 1. The summed E-state index contributed by atoms with van der Waals surface area (Å²) in [5, 5.41) is 3.33. The van der Waals surface area contributed by atoms with Gasteiger partial charge in [-0.05, 0) is 49.9 Å². The molecule has 1 aromatic heterocycles. The van der Waals surface area contributed by atoms with E-state index in [1.165, 1.54) is 31.8 Å². The summed E-state index contributed by atoms with van der Waals surface area (Å²) in [6.07, 6.45) is 2.61. The van der Waals surface area contributed by atoms with Crippen molar-refractivity contribution in [3.05, 3.63) is 29.8 Å². The zero-order valence-corrected chi connectivity index (χ0v) is 13.6. The van der Waals surface area contributed by atoms with Crippen LogP contribution in [0.5, 0.6) is 0 Å². The molecule has 1 N–H and O–H groups in total. The van der Waals surface area contributed by atoms with Crippen molar-refractivity contribution in [1.82, 2.24) is 15.2 Å². The van der Waals surface area contributed by atoms with Gasteiger partial charge in [-0.2, -0.15) is 0 Å². The lowest BCUT2D eigenvalue weighted by atomic mass is 9.95. The fourth-order valence-electron chi connectivity index (χ4n) is 3.38. The van der Waals surface area contributed by atoms with Crippen molar-refractivity contribution in [2.24, 2.45) is 17.8 Å². The van der Waals surface area contributed by atoms with Gasteiger partial charge in [0, 0.05) is 13.1 Å². The molecule has 1 aliphatic rings. The SMILES string of the molecule is CNC(c1ccc(F)cn1)C(C)CN1CCC(C(C)C)C1. The first-order chi connectivity index (χ1) is 10.0. The zero-order chi connectivity index (χ0) is 15.4. The molecule has 2 heterocycles. The van der Waals surface area contributed by atoms with Gasteiger partial charge in [0.05, 0.1) is 17.9 Å². The molecule has 21 heavy (non-hydrogen) atoms. The van der Waals surface area contributed by atoms with Crippen molar-refractivity contribution in [3.8, 4) is 0 Å². The Morgan fingerprint density at radius 2 is 2.14 bits per heavy atom. The molecule has 0 amide bonds. The molecule has 0 spiro atoms. The number of rotatable bonds is 6. The van der Waals surface area contributed by atoms with Crippen LogP contribution in [0.2, 0.25) is 0 Å². The van der Waals surface area contributed by atoms with Crippen LogP contribution >= 0.6 is 0 Å². The number of nitrogens with one attached hydrogen (secondary N) is 1. The van der Waals surface area contributed by atoms with Crippen LogP contribution < -0.4 is 5.32 Å². The maximum Gasteiger partial charge on any atom is 0.141 e. The number of hydrogen-bond acceptors (Lipinski definition) is 3. The highest BCUT2D eigenvalue weighted by Gasteiger charge is 2.28. The van der Waals surface area contributed by atoms with Gasteiger partial charge in [0.15, 0.2) is 0 Å². The van der Waals surface area contributed by atoms with Crippen LogP contribution in [-0.2, 0) is 0 Å². The Bertz CT molecular complexity index is 432. The van der Waals surface area contributed by atoms with E-state index in [4.69, 9.17) is 0 Å². The molecule has 3 nitrogen and oxygen atoms in total. The molecule has 1 aromatic rings. The minimum Gasteiger partial charge on any atom is -0.311 e. The first kappa shape index (κ1) is 16.4. The average molecular weight is 293 g/mol. The van der Waals surface area contributed by atoms with Gasteiger partial charge in [0.1, 0.15) is 5.82 Å². The van der Waals surface area contributed by atoms with Crippen molar-refractivity contribution in [1.29, 1.82) is 0 Å². The van der Waals surface area contributed by atoms with E-state index in [2.05, 4.69) is 36.0 Å². The molecule has 2 rings (SSSR count). The Morgan fingerprint density at radius 1 is 1.38 bits per heavy atom. The molecule has 0 radical (unpaired) electrons. The molecule has 1 aliphatic heterocycles. The Kier molecular flexibility index (Phi) is 5.71. The van der Waals surface area contributed by atoms with Crippen molar-refractivity contribution in [3.63, 3.8) is 0 Å².